The molecule has 0 fully saturated rings. The van der Waals surface area contributed by atoms with Gasteiger partial charge < -0.3 is 0 Å². The molecule has 0 aliphatic carbocycles. The van der Waals surface area contributed by atoms with E-state index in [9.17, 15) is 0 Å². The highest BCUT2D eigenvalue weighted by atomic mass is 32.2. The molecule has 0 saturated carbocycles. The number of aromatic nitrogens is 3. The van der Waals surface area contributed by atoms with Crippen molar-refractivity contribution in [2.24, 2.45) is 0 Å². The van der Waals surface area contributed by atoms with Gasteiger partial charge in [0.1, 0.15) is 5.03 Å². The number of hydrogen-bond donors (Lipinski definition) is 0. The average molecular weight is 486 g/mol. The van der Waals surface area contributed by atoms with E-state index in [-0.39, 0.29) is 0 Å². The van der Waals surface area contributed by atoms with Crippen LogP contribution in [-0.4, -0.2) is 14.6 Å². The monoisotopic (exact) mass is 485 g/mol. The van der Waals surface area contributed by atoms with Crippen molar-refractivity contribution in [3.8, 4) is 11.1 Å². The summed E-state index contributed by atoms with van der Waals surface area (Å²) in [7, 11) is 0. The van der Waals surface area contributed by atoms with Crippen LogP contribution in [0.2, 0.25) is 0 Å². The Kier molecular flexibility index (Phi) is 6.04. The Labute approximate surface area is 215 Å². The van der Waals surface area contributed by atoms with Gasteiger partial charge in [0.2, 0.25) is 0 Å². The first-order valence-electron chi connectivity index (χ1n) is 12.3. The molecule has 0 amide bonds. The molecular weight excluding hydrogens is 458 g/mol. The molecule has 0 radical (unpaired) electrons. The standard InChI is InChI=1S/C32H27N3S/c1-22-29(20-24-12-5-3-6-13-24)32(36-21-27-18-11-17-25-14-9-10-19-28(25)27)35-31(33-22)30(23(2)34-35)26-15-7-4-8-16-26/h3-19H,20-21H2,1-2H3. The predicted molar refractivity (Wildman–Crippen MR) is 151 cm³/mol. The molecular formula is C32H27N3S. The topological polar surface area (TPSA) is 30.2 Å². The highest BCUT2D eigenvalue weighted by Gasteiger charge is 2.21. The van der Waals surface area contributed by atoms with Crippen molar-refractivity contribution in [3.05, 3.63) is 131 Å². The molecule has 2 heterocycles. The molecule has 6 aromatic rings. The van der Waals surface area contributed by atoms with Gasteiger partial charge in [-0.05, 0) is 41.3 Å². The molecule has 0 N–H and O–H groups in total. The summed E-state index contributed by atoms with van der Waals surface area (Å²) in [6.45, 7) is 4.22. The van der Waals surface area contributed by atoms with Gasteiger partial charge in [0.05, 0.1) is 5.69 Å². The van der Waals surface area contributed by atoms with Crippen LogP contribution in [0.15, 0.2) is 108 Å². The lowest BCUT2D eigenvalue weighted by molar-refractivity contribution is 0.792. The van der Waals surface area contributed by atoms with Gasteiger partial charge in [0.15, 0.2) is 5.65 Å². The lowest BCUT2D eigenvalue weighted by Gasteiger charge is -2.15. The summed E-state index contributed by atoms with van der Waals surface area (Å²) in [5.74, 6) is 0.862. The summed E-state index contributed by atoms with van der Waals surface area (Å²) in [5, 5.41) is 8.79. The van der Waals surface area contributed by atoms with Crippen LogP contribution in [0.1, 0.15) is 28.1 Å². The molecule has 4 heteroatoms. The summed E-state index contributed by atoms with van der Waals surface area (Å²) in [6.07, 6.45) is 0.826. The summed E-state index contributed by atoms with van der Waals surface area (Å²) in [5.41, 5.74) is 9.09. The van der Waals surface area contributed by atoms with Crippen LogP contribution in [0.3, 0.4) is 0 Å². The molecule has 4 aromatic carbocycles. The van der Waals surface area contributed by atoms with Crippen molar-refractivity contribution in [1.29, 1.82) is 0 Å². The van der Waals surface area contributed by atoms with Crippen molar-refractivity contribution >= 4 is 28.2 Å². The first-order chi connectivity index (χ1) is 17.7. The van der Waals surface area contributed by atoms with Crippen LogP contribution < -0.4 is 0 Å². The van der Waals surface area contributed by atoms with Gasteiger partial charge in [0.25, 0.3) is 0 Å². The maximum atomic E-state index is 5.12. The number of nitrogens with zero attached hydrogens (tertiary/aromatic N) is 3. The zero-order chi connectivity index (χ0) is 24.5. The van der Waals surface area contributed by atoms with Gasteiger partial charge in [-0.25, -0.2) is 9.50 Å². The molecule has 0 aliphatic heterocycles. The van der Waals surface area contributed by atoms with E-state index in [0.29, 0.717) is 0 Å². The van der Waals surface area contributed by atoms with Crippen molar-refractivity contribution in [2.45, 2.75) is 31.0 Å². The fourth-order valence-corrected chi connectivity index (χ4v) is 6.12. The third-order valence-electron chi connectivity index (χ3n) is 6.73. The minimum absolute atomic E-state index is 0.826. The molecule has 3 nitrogen and oxygen atoms in total. The van der Waals surface area contributed by atoms with E-state index < -0.39 is 0 Å². The summed E-state index contributed by atoms with van der Waals surface area (Å²) < 4.78 is 2.08. The van der Waals surface area contributed by atoms with E-state index in [0.717, 1.165) is 40.3 Å². The number of fused-ring (bicyclic) bond motifs is 2. The van der Waals surface area contributed by atoms with Gasteiger partial charge in [0, 0.05) is 29.0 Å². The normalized spacial score (nSPS) is 11.4. The molecule has 6 rings (SSSR count). The summed E-state index contributed by atoms with van der Waals surface area (Å²) in [4.78, 5) is 5.12. The van der Waals surface area contributed by atoms with E-state index in [1.807, 2.05) is 17.8 Å². The maximum Gasteiger partial charge on any atom is 0.164 e. The number of rotatable bonds is 6. The Morgan fingerprint density at radius 3 is 2.22 bits per heavy atom. The van der Waals surface area contributed by atoms with Gasteiger partial charge in [-0.1, -0.05) is 103 Å². The molecule has 0 atom stereocenters. The lowest BCUT2D eigenvalue weighted by Crippen LogP contribution is -2.06. The lowest BCUT2D eigenvalue weighted by atomic mass is 10.0. The fourth-order valence-electron chi connectivity index (χ4n) is 4.93. The highest BCUT2D eigenvalue weighted by Crippen LogP contribution is 2.36. The first-order valence-corrected chi connectivity index (χ1v) is 13.2. The zero-order valence-electron chi connectivity index (χ0n) is 20.5. The van der Waals surface area contributed by atoms with Crippen molar-refractivity contribution < 1.29 is 0 Å². The van der Waals surface area contributed by atoms with Gasteiger partial charge in [-0.3, -0.25) is 0 Å². The molecule has 0 spiro atoms. The van der Waals surface area contributed by atoms with E-state index in [4.69, 9.17) is 10.1 Å². The molecule has 176 valence electrons. The summed E-state index contributed by atoms with van der Waals surface area (Å²) in [6, 6.07) is 36.3. The SMILES string of the molecule is Cc1nc2c(-c3ccccc3)c(C)nn2c(SCc2cccc3ccccc23)c1Cc1ccccc1. The molecule has 0 saturated heterocycles. The average Bonchev–Trinajstić information content (AvgIpc) is 3.24. The quantitative estimate of drug-likeness (QED) is 0.177. The fraction of sp³-hybridized carbons (Fsp3) is 0.125. The third kappa shape index (κ3) is 4.18. The van der Waals surface area contributed by atoms with E-state index in [1.54, 1.807) is 0 Å². The van der Waals surface area contributed by atoms with Crippen LogP contribution in [0.5, 0.6) is 0 Å². The molecule has 36 heavy (non-hydrogen) atoms. The van der Waals surface area contributed by atoms with Crippen LogP contribution in [0.4, 0.5) is 0 Å². The Hall–Kier alpha value is -3.89. The second kappa shape index (κ2) is 9.63. The Bertz CT molecular complexity index is 1670. The minimum atomic E-state index is 0.826. The molecule has 2 aromatic heterocycles. The van der Waals surface area contributed by atoms with Gasteiger partial charge >= 0.3 is 0 Å². The molecule has 0 aliphatic rings. The van der Waals surface area contributed by atoms with Crippen molar-refractivity contribution in [3.63, 3.8) is 0 Å². The molecule has 0 unspecified atom stereocenters. The molecule has 0 bridgehead atoms. The van der Waals surface area contributed by atoms with Crippen molar-refractivity contribution in [1.82, 2.24) is 14.6 Å². The van der Waals surface area contributed by atoms with E-state index in [1.165, 1.54) is 32.5 Å². The van der Waals surface area contributed by atoms with E-state index >= 15 is 0 Å². The Morgan fingerprint density at radius 2 is 1.42 bits per heavy atom. The second-order valence-electron chi connectivity index (χ2n) is 9.13. The maximum absolute atomic E-state index is 5.12. The minimum Gasteiger partial charge on any atom is -0.233 e. The first kappa shape index (κ1) is 22.6. The largest absolute Gasteiger partial charge is 0.233 e. The Balaban J connectivity index is 1.51. The van der Waals surface area contributed by atoms with Crippen molar-refractivity contribution in [2.75, 3.05) is 0 Å². The number of aryl methyl sites for hydroxylation is 2. The number of benzene rings is 4. The van der Waals surface area contributed by atoms with Crippen LogP contribution >= 0.6 is 11.8 Å². The van der Waals surface area contributed by atoms with Crippen LogP contribution in [0.25, 0.3) is 27.5 Å². The van der Waals surface area contributed by atoms with Gasteiger partial charge in [-0.2, -0.15) is 5.10 Å². The second-order valence-corrected chi connectivity index (χ2v) is 10.1. The zero-order valence-corrected chi connectivity index (χ0v) is 21.3. The van der Waals surface area contributed by atoms with Crippen LogP contribution in [0, 0.1) is 13.8 Å². The van der Waals surface area contributed by atoms with E-state index in [2.05, 4.69) is 115 Å². The highest BCUT2D eigenvalue weighted by molar-refractivity contribution is 7.98. The predicted octanol–water partition coefficient (Wildman–Crippen LogP) is 8.05. The Morgan fingerprint density at radius 1 is 0.722 bits per heavy atom. The van der Waals surface area contributed by atoms with Crippen LogP contribution in [-0.2, 0) is 12.2 Å². The van der Waals surface area contributed by atoms with Gasteiger partial charge in [-0.15, -0.1) is 11.8 Å². The smallest absolute Gasteiger partial charge is 0.164 e. The third-order valence-corrected chi connectivity index (χ3v) is 7.88. The summed E-state index contributed by atoms with van der Waals surface area (Å²) >= 11 is 1.86. The number of thioether (sulfide) groups is 1. The number of hydrogen-bond acceptors (Lipinski definition) is 3.